The highest BCUT2D eigenvalue weighted by Gasteiger charge is 2.33. The Morgan fingerprint density at radius 3 is 1.57 bits per heavy atom. The summed E-state index contributed by atoms with van der Waals surface area (Å²) < 4.78 is 0. The monoisotopic (exact) mass is 196 g/mol. The van der Waals surface area contributed by atoms with E-state index in [1.807, 2.05) is 13.8 Å². The van der Waals surface area contributed by atoms with Crippen LogP contribution in [0.5, 0.6) is 0 Å². The topological polar surface area (TPSA) is 34.1 Å². The molecule has 1 rings (SSSR count). The van der Waals surface area contributed by atoms with Gasteiger partial charge in [-0.3, -0.25) is 9.59 Å². The van der Waals surface area contributed by atoms with Crippen molar-refractivity contribution in [3.05, 3.63) is 0 Å². The quantitative estimate of drug-likeness (QED) is 0.692. The zero-order chi connectivity index (χ0) is 10.6. The summed E-state index contributed by atoms with van der Waals surface area (Å²) in [6.07, 6.45) is 5.26. The van der Waals surface area contributed by atoms with Crippen LogP contribution in [0.25, 0.3) is 0 Å². The van der Waals surface area contributed by atoms with Crippen molar-refractivity contribution in [1.82, 2.24) is 0 Å². The summed E-state index contributed by atoms with van der Waals surface area (Å²) >= 11 is 0. The van der Waals surface area contributed by atoms with Crippen LogP contribution in [-0.4, -0.2) is 11.6 Å². The Hall–Kier alpha value is -0.660. The molecule has 0 radical (unpaired) electrons. The summed E-state index contributed by atoms with van der Waals surface area (Å²) in [5.41, 5.74) is 0. The van der Waals surface area contributed by atoms with E-state index in [1.165, 1.54) is 0 Å². The minimum absolute atomic E-state index is 0.0428. The van der Waals surface area contributed by atoms with Gasteiger partial charge in [-0.25, -0.2) is 0 Å². The van der Waals surface area contributed by atoms with Gasteiger partial charge in [-0.2, -0.15) is 0 Å². The van der Waals surface area contributed by atoms with E-state index >= 15 is 0 Å². The molecule has 1 aliphatic carbocycles. The molecule has 2 unspecified atom stereocenters. The Labute approximate surface area is 86.1 Å². The van der Waals surface area contributed by atoms with E-state index in [2.05, 4.69) is 0 Å². The van der Waals surface area contributed by atoms with Gasteiger partial charge in [-0.1, -0.05) is 26.7 Å². The molecule has 1 saturated carbocycles. The van der Waals surface area contributed by atoms with E-state index in [1.54, 1.807) is 0 Å². The first-order chi connectivity index (χ1) is 6.70. The van der Waals surface area contributed by atoms with Gasteiger partial charge in [-0.05, 0) is 12.8 Å². The van der Waals surface area contributed by atoms with Crippen LogP contribution in [-0.2, 0) is 9.59 Å². The van der Waals surface area contributed by atoms with E-state index in [0.717, 1.165) is 25.7 Å². The van der Waals surface area contributed by atoms with Crippen molar-refractivity contribution in [2.45, 2.75) is 52.4 Å². The van der Waals surface area contributed by atoms with Gasteiger partial charge in [0.25, 0.3) is 0 Å². The fourth-order valence-electron chi connectivity index (χ4n) is 2.43. The van der Waals surface area contributed by atoms with Crippen LogP contribution in [0.15, 0.2) is 0 Å². The van der Waals surface area contributed by atoms with Crippen LogP contribution in [0.2, 0.25) is 0 Å². The third kappa shape index (κ3) is 2.43. The molecular formula is C12H20O2. The Morgan fingerprint density at radius 1 is 0.929 bits per heavy atom. The first kappa shape index (κ1) is 11.4. The second-order valence-electron chi connectivity index (χ2n) is 4.14. The molecule has 1 fully saturated rings. The van der Waals surface area contributed by atoms with Crippen molar-refractivity contribution in [3.63, 3.8) is 0 Å². The van der Waals surface area contributed by atoms with E-state index in [0.29, 0.717) is 12.8 Å². The third-order valence-electron chi connectivity index (χ3n) is 3.29. The molecule has 0 heterocycles. The van der Waals surface area contributed by atoms with Gasteiger partial charge in [0.05, 0.1) is 0 Å². The minimum Gasteiger partial charge on any atom is -0.299 e. The number of ketones is 2. The summed E-state index contributed by atoms with van der Waals surface area (Å²) in [4.78, 5) is 23.3. The fourth-order valence-corrected chi connectivity index (χ4v) is 2.43. The van der Waals surface area contributed by atoms with E-state index in [9.17, 15) is 9.59 Å². The summed E-state index contributed by atoms with van der Waals surface area (Å²) in [5.74, 6) is 0.662. The summed E-state index contributed by atoms with van der Waals surface area (Å²) in [6.45, 7) is 3.79. The standard InChI is InChI=1S/C12H20O2/c1-3-11(13)9-7-5-6-8-10(9)12(14)4-2/h9-10H,3-8H2,1-2H3. The smallest absolute Gasteiger partial charge is 0.136 e. The lowest BCUT2D eigenvalue weighted by atomic mass is 9.74. The van der Waals surface area contributed by atoms with Crippen LogP contribution in [0.1, 0.15) is 52.4 Å². The second-order valence-corrected chi connectivity index (χ2v) is 4.14. The Balaban J connectivity index is 2.68. The summed E-state index contributed by atoms with van der Waals surface area (Å²) in [7, 11) is 0. The molecule has 1 aliphatic rings. The molecular weight excluding hydrogens is 176 g/mol. The molecule has 80 valence electrons. The first-order valence-corrected chi connectivity index (χ1v) is 5.76. The van der Waals surface area contributed by atoms with Crippen molar-refractivity contribution < 1.29 is 9.59 Å². The number of carbonyl (C=O) groups excluding carboxylic acids is 2. The van der Waals surface area contributed by atoms with Gasteiger partial charge in [0.2, 0.25) is 0 Å². The van der Waals surface area contributed by atoms with Crippen molar-refractivity contribution in [2.24, 2.45) is 11.8 Å². The molecule has 0 N–H and O–H groups in total. The predicted molar refractivity (Wildman–Crippen MR) is 56.0 cm³/mol. The molecule has 0 amide bonds. The Morgan fingerprint density at radius 2 is 1.29 bits per heavy atom. The molecule has 0 aromatic heterocycles. The van der Waals surface area contributed by atoms with Crippen LogP contribution >= 0.6 is 0 Å². The first-order valence-electron chi connectivity index (χ1n) is 5.76. The molecule has 0 bridgehead atoms. The molecule has 0 saturated heterocycles. The lowest BCUT2D eigenvalue weighted by molar-refractivity contribution is -0.133. The summed E-state index contributed by atoms with van der Waals surface area (Å²) in [5, 5.41) is 0. The predicted octanol–water partition coefficient (Wildman–Crippen LogP) is 2.75. The van der Waals surface area contributed by atoms with Gasteiger partial charge in [0, 0.05) is 24.7 Å². The fraction of sp³-hybridized carbons (Fsp3) is 0.833. The molecule has 0 spiro atoms. The molecule has 0 aromatic carbocycles. The number of rotatable bonds is 4. The highest BCUT2D eigenvalue weighted by atomic mass is 16.1. The zero-order valence-corrected chi connectivity index (χ0v) is 9.21. The largest absolute Gasteiger partial charge is 0.299 e. The lowest BCUT2D eigenvalue weighted by Gasteiger charge is -2.28. The van der Waals surface area contributed by atoms with Gasteiger partial charge in [0.1, 0.15) is 11.6 Å². The van der Waals surface area contributed by atoms with E-state index in [4.69, 9.17) is 0 Å². The van der Waals surface area contributed by atoms with Gasteiger partial charge < -0.3 is 0 Å². The van der Waals surface area contributed by atoms with Gasteiger partial charge >= 0.3 is 0 Å². The maximum Gasteiger partial charge on any atom is 0.136 e. The van der Waals surface area contributed by atoms with Crippen molar-refractivity contribution in [3.8, 4) is 0 Å². The molecule has 2 heteroatoms. The summed E-state index contributed by atoms with van der Waals surface area (Å²) in [6, 6.07) is 0. The normalized spacial score (nSPS) is 27.3. The second kappa shape index (κ2) is 5.28. The van der Waals surface area contributed by atoms with Crippen LogP contribution in [0.4, 0.5) is 0 Å². The number of Topliss-reactive ketones (excluding diaryl/α,β-unsaturated/α-hetero) is 2. The SMILES string of the molecule is CCC(=O)C1CCCCC1C(=O)CC. The Kier molecular flexibility index (Phi) is 4.30. The number of hydrogen-bond acceptors (Lipinski definition) is 2. The van der Waals surface area contributed by atoms with E-state index in [-0.39, 0.29) is 23.4 Å². The van der Waals surface area contributed by atoms with Gasteiger partial charge in [-0.15, -0.1) is 0 Å². The maximum atomic E-state index is 11.6. The van der Waals surface area contributed by atoms with Gasteiger partial charge in [0.15, 0.2) is 0 Å². The van der Waals surface area contributed by atoms with Crippen LogP contribution in [0.3, 0.4) is 0 Å². The highest BCUT2D eigenvalue weighted by Crippen LogP contribution is 2.32. The third-order valence-corrected chi connectivity index (χ3v) is 3.29. The zero-order valence-electron chi connectivity index (χ0n) is 9.21. The molecule has 0 aliphatic heterocycles. The van der Waals surface area contributed by atoms with Crippen LogP contribution < -0.4 is 0 Å². The molecule has 0 aromatic rings. The maximum absolute atomic E-state index is 11.6. The average Bonchev–Trinajstić information content (AvgIpc) is 2.27. The molecule has 2 atom stereocenters. The van der Waals surface area contributed by atoms with Crippen LogP contribution in [0, 0.1) is 11.8 Å². The number of hydrogen-bond donors (Lipinski definition) is 0. The van der Waals surface area contributed by atoms with Crippen molar-refractivity contribution in [1.29, 1.82) is 0 Å². The van der Waals surface area contributed by atoms with Crippen molar-refractivity contribution >= 4 is 11.6 Å². The number of carbonyl (C=O) groups is 2. The van der Waals surface area contributed by atoms with Crippen molar-refractivity contribution in [2.75, 3.05) is 0 Å². The average molecular weight is 196 g/mol. The minimum atomic E-state index is 0.0428. The highest BCUT2D eigenvalue weighted by molar-refractivity contribution is 5.89. The lowest BCUT2D eigenvalue weighted by Crippen LogP contribution is -2.32. The molecule has 2 nitrogen and oxygen atoms in total. The van der Waals surface area contributed by atoms with E-state index < -0.39 is 0 Å². The Bertz CT molecular complexity index is 196. The molecule has 14 heavy (non-hydrogen) atoms.